The second-order valence-corrected chi connectivity index (χ2v) is 8.31. The number of amides is 2. The normalized spacial score (nSPS) is 16.5. The number of rotatable bonds is 5. The van der Waals surface area contributed by atoms with Crippen LogP contribution in [0.3, 0.4) is 0 Å². The average molecular weight is 346 g/mol. The van der Waals surface area contributed by atoms with Gasteiger partial charge in [0.15, 0.2) is 0 Å². The quantitative estimate of drug-likeness (QED) is 0.874. The molecule has 0 fully saturated rings. The van der Waals surface area contributed by atoms with E-state index in [4.69, 9.17) is 4.74 Å². The number of benzene rings is 1. The van der Waals surface area contributed by atoms with Gasteiger partial charge in [-0.3, -0.25) is 9.59 Å². The maximum absolute atomic E-state index is 12.9. The first-order valence-corrected chi connectivity index (χ1v) is 8.99. The van der Waals surface area contributed by atoms with Crippen LogP contribution in [-0.2, 0) is 9.59 Å². The van der Waals surface area contributed by atoms with Crippen molar-refractivity contribution in [1.82, 2.24) is 0 Å². The molecule has 2 amide bonds. The van der Waals surface area contributed by atoms with Crippen LogP contribution in [0, 0.1) is 17.3 Å². The van der Waals surface area contributed by atoms with Crippen LogP contribution >= 0.6 is 0 Å². The van der Waals surface area contributed by atoms with Crippen molar-refractivity contribution in [2.75, 3.05) is 23.4 Å². The maximum Gasteiger partial charge on any atom is 0.236 e. The Balaban J connectivity index is 2.32. The van der Waals surface area contributed by atoms with Crippen molar-refractivity contribution < 1.29 is 14.3 Å². The fourth-order valence-electron chi connectivity index (χ4n) is 2.85. The number of carbonyl (C=O) groups excluding carboxylic acids is 2. The lowest BCUT2D eigenvalue weighted by Gasteiger charge is -2.29. The molecule has 1 aromatic carbocycles. The van der Waals surface area contributed by atoms with Crippen molar-refractivity contribution in [2.24, 2.45) is 17.3 Å². The number of nitrogens with one attached hydrogen (secondary N) is 1. The van der Waals surface area contributed by atoms with Gasteiger partial charge in [0.2, 0.25) is 11.8 Å². The van der Waals surface area contributed by atoms with Gasteiger partial charge < -0.3 is 15.0 Å². The highest BCUT2D eigenvalue weighted by molar-refractivity contribution is 6.00. The summed E-state index contributed by atoms with van der Waals surface area (Å²) in [4.78, 5) is 26.7. The third-order valence-electron chi connectivity index (χ3n) is 4.09. The predicted octanol–water partition coefficient (Wildman–Crippen LogP) is 4.08. The summed E-state index contributed by atoms with van der Waals surface area (Å²) in [5, 5.41) is 2.91. The van der Waals surface area contributed by atoms with Crippen LogP contribution in [0.25, 0.3) is 0 Å². The molecule has 138 valence electrons. The molecule has 2 rings (SSSR count). The number of anilines is 2. The SMILES string of the molecule is CC(C)CC(=O)Nc1ccc2c(c1)OCC(C)(C)C(=O)N2CC(C)C. The lowest BCUT2D eigenvalue weighted by atomic mass is 9.92. The summed E-state index contributed by atoms with van der Waals surface area (Å²) in [6, 6.07) is 5.51. The second kappa shape index (κ2) is 7.46. The fraction of sp³-hybridized carbons (Fsp3) is 0.600. The fourth-order valence-corrected chi connectivity index (χ4v) is 2.85. The number of hydrogen-bond donors (Lipinski definition) is 1. The Labute approximate surface area is 150 Å². The van der Waals surface area contributed by atoms with Crippen molar-refractivity contribution in [2.45, 2.75) is 48.0 Å². The highest BCUT2D eigenvalue weighted by atomic mass is 16.5. The molecule has 0 saturated carbocycles. The van der Waals surface area contributed by atoms with Gasteiger partial charge in [0, 0.05) is 24.7 Å². The van der Waals surface area contributed by atoms with Crippen molar-refractivity contribution in [3.8, 4) is 5.75 Å². The highest BCUT2D eigenvalue weighted by Crippen LogP contribution is 2.38. The minimum absolute atomic E-state index is 0.0148. The summed E-state index contributed by atoms with van der Waals surface area (Å²) in [6.07, 6.45) is 0.475. The Morgan fingerprint density at radius 3 is 2.52 bits per heavy atom. The first kappa shape index (κ1) is 19.3. The molecule has 1 aliphatic heterocycles. The second-order valence-electron chi connectivity index (χ2n) is 8.31. The van der Waals surface area contributed by atoms with E-state index in [1.54, 1.807) is 0 Å². The molecule has 1 aliphatic rings. The van der Waals surface area contributed by atoms with E-state index in [2.05, 4.69) is 19.2 Å². The van der Waals surface area contributed by atoms with Crippen molar-refractivity contribution in [3.63, 3.8) is 0 Å². The molecule has 1 N–H and O–H groups in total. The van der Waals surface area contributed by atoms with E-state index in [-0.39, 0.29) is 11.8 Å². The van der Waals surface area contributed by atoms with E-state index in [9.17, 15) is 9.59 Å². The van der Waals surface area contributed by atoms with Crippen LogP contribution in [0.5, 0.6) is 5.75 Å². The monoisotopic (exact) mass is 346 g/mol. The van der Waals surface area contributed by atoms with Gasteiger partial charge in [-0.05, 0) is 37.8 Å². The molecule has 0 saturated heterocycles. The smallest absolute Gasteiger partial charge is 0.236 e. The third-order valence-corrected chi connectivity index (χ3v) is 4.09. The van der Waals surface area contributed by atoms with E-state index >= 15 is 0 Å². The minimum Gasteiger partial charge on any atom is -0.490 e. The first-order valence-electron chi connectivity index (χ1n) is 8.99. The molecule has 1 aromatic rings. The van der Waals surface area contributed by atoms with Crippen LogP contribution in [0.15, 0.2) is 18.2 Å². The molecule has 0 unspecified atom stereocenters. The molecular weight excluding hydrogens is 316 g/mol. The van der Waals surface area contributed by atoms with Crippen molar-refractivity contribution in [1.29, 1.82) is 0 Å². The summed E-state index contributed by atoms with van der Waals surface area (Å²) < 4.78 is 5.94. The zero-order valence-electron chi connectivity index (χ0n) is 16.2. The maximum atomic E-state index is 12.9. The summed E-state index contributed by atoms with van der Waals surface area (Å²) in [5.41, 5.74) is 0.877. The number of fused-ring (bicyclic) bond motifs is 1. The van der Waals surface area contributed by atoms with Gasteiger partial charge in [-0.15, -0.1) is 0 Å². The van der Waals surface area contributed by atoms with Gasteiger partial charge in [-0.1, -0.05) is 27.7 Å². The lowest BCUT2D eigenvalue weighted by molar-refractivity contribution is -0.127. The summed E-state index contributed by atoms with van der Waals surface area (Å²) in [7, 11) is 0. The Morgan fingerprint density at radius 2 is 1.92 bits per heavy atom. The first-order chi connectivity index (χ1) is 11.6. The predicted molar refractivity (Wildman–Crippen MR) is 101 cm³/mol. The Hall–Kier alpha value is -2.04. The largest absolute Gasteiger partial charge is 0.490 e. The number of ether oxygens (including phenoxy) is 1. The van der Waals surface area contributed by atoms with E-state index in [1.165, 1.54) is 0 Å². The van der Waals surface area contributed by atoms with Crippen molar-refractivity contribution >= 4 is 23.2 Å². The average Bonchev–Trinajstić information content (AvgIpc) is 2.57. The molecule has 0 atom stereocenters. The summed E-state index contributed by atoms with van der Waals surface area (Å²) >= 11 is 0. The molecular formula is C20H30N2O3. The van der Waals surface area contributed by atoms with Crippen LogP contribution in [-0.4, -0.2) is 25.0 Å². The standard InChI is InChI=1S/C20H30N2O3/c1-13(2)9-18(23)21-15-7-8-16-17(10-15)25-12-20(5,6)19(24)22(16)11-14(3)4/h7-8,10,13-14H,9,11-12H2,1-6H3,(H,21,23). The van der Waals surface area contributed by atoms with E-state index in [1.807, 2.05) is 50.8 Å². The molecule has 5 heteroatoms. The Bertz CT molecular complexity index is 650. The molecule has 1 heterocycles. The van der Waals surface area contributed by atoms with Crippen molar-refractivity contribution in [3.05, 3.63) is 18.2 Å². The van der Waals surface area contributed by atoms with Crippen LogP contribution in [0.1, 0.15) is 48.0 Å². The number of nitrogens with zero attached hydrogens (tertiary/aromatic N) is 1. The molecule has 0 bridgehead atoms. The molecule has 0 aliphatic carbocycles. The number of hydrogen-bond acceptors (Lipinski definition) is 3. The van der Waals surface area contributed by atoms with E-state index in [0.717, 1.165) is 5.69 Å². The zero-order chi connectivity index (χ0) is 18.8. The highest BCUT2D eigenvalue weighted by Gasteiger charge is 2.38. The van der Waals surface area contributed by atoms with Gasteiger partial charge in [0.1, 0.15) is 12.4 Å². The third kappa shape index (κ3) is 4.74. The molecule has 0 radical (unpaired) electrons. The molecule has 5 nitrogen and oxygen atoms in total. The minimum atomic E-state index is -0.588. The van der Waals surface area contributed by atoms with Crippen LogP contribution in [0.4, 0.5) is 11.4 Å². The van der Waals surface area contributed by atoms with Gasteiger partial charge >= 0.3 is 0 Å². The molecule has 0 aromatic heterocycles. The van der Waals surface area contributed by atoms with E-state index < -0.39 is 5.41 Å². The van der Waals surface area contributed by atoms with Gasteiger partial charge in [0.25, 0.3) is 0 Å². The Kier molecular flexibility index (Phi) is 5.76. The summed E-state index contributed by atoms with van der Waals surface area (Å²) in [5.74, 6) is 1.34. The van der Waals surface area contributed by atoms with Gasteiger partial charge in [-0.2, -0.15) is 0 Å². The number of carbonyl (C=O) groups is 2. The summed E-state index contributed by atoms with van der Waals surface area (Å²) in [6.45, 7) is 13.0. The van der Waals surface area contributed by atoms with E-state index in [0.29, 0.717) is 42.8 Å². The molecule has 0 spiro atoms. The Morgan fingerprint density at radius 1 is 1.24 bits per heavy atom. The van der Waals surface area contributed by atoms with Crippen LogP contribution in [0.2, 0.25) is 0 Å². The zero-order valence-corrected chi connectivity index (χ0v) is 16.2. The lowest BCUT2D eigenvalue weighted by Crippen LogP contribution is -2.43. The van der Waals surface area contributed by atoms with Crippen LogP contribution < -0.4 is 15.0 Å². The van der Waals surface area contributed by atoms with Gasteiger partial charge in [-0.25, -0.2) is 0 Å². The molecule has 25 heavy (non-hydrogen) atoms. The van der Waals surface area contributed by atoms with Gasteiger partial charge in [0.05, 0.1) is 11.1 Å². The topological polar surface area (TPSA) is 58.6 Å².